The van der Waals surface area contributed by atoms with Crippen LogP contribution in [0.3, 0.4) is 0 Å². The molecule has 142 valence electrons. The van der Waals surface area contributed by atoms with Crippen molar-refractivity contribution in [3.05, 3.63) is 57.3 Å². The Bertz CT molecular complexity index is 716. The Hall–Kier alpha value is -1.69. The minimum Gasteiger partial charge on any atom is -0.341 e. The van der Waals surface area contributed by atoms with Gasteiger partial charge < -0.3 is 10.6 Å². The number of amides is 1. The zero-order chi connectivity index (χ0) is 18.2. The monoisotopic (exact) mass is 394 g/mol. The summed E-state index contributed by atoms with van der Waals surface area (Å²) in [5, 5.41) is 0. The molecule has 0 unspecified atom stereocenters. The number of halogens is 1. The third-order valence-electron chi connectivity index (χ3n) is 4.17. The van der Waals surface area contributed by atoms with Crippen molar-refractivity contribution in [2.75, 3.05) is 19.6 Å². The summed E-state index contributed by atoms with van der Waals surface area (Å²) in [6, 6.07) is 12.0. The average molecular weight is 395 g/mol. The largest absolute Gasteiger partial charge is 0.341 e. The van der Waals surface area contributed by atoms with Crippen LogP contribution in [-0.4, -0.2) is 36.2 Å². The second-order valence-corrected chi connectivity index (χ2v) is 7.62. The molecule has 0 saturated heterocycles. The number of carbonyl (C=O) groups excluding carboxylic acids is 2. The number of nitrogens with zero attached hydrogens (tertiary/aromatic N) is 1. The van der Waals surface area contributed by atoms with Crippen molar-refractivity contribution in [1.82, 2.24) is 4.90 Å². The fourth-order valence-electron chi connectivity index (χ4n) is 2.85. The molecule has 26 heavy (non-hydrogen) atoms. The average Bonchev–Trinajstić information content (AvgIpc) is 2.95. The van der Waals surface area contributed by atoms with Gasteiger partial charge in [0.1, 0.15) is 0 Å². The quantitative estimate of drug-likeness (QED) is 0.658. The molecule has 1 aromatic heterocycles. The molecule has 2 N–H and O–H groups in total. The van der Waals surface area contributed by atoms with Gasteiger partial charge in [0.15, 0.2) is 5.78 Å². The van der Waals surface area contributed by atoms with Crippen LogP contribution in [-0.2, 0) is 11.2 Å². The molecule has 1 heterocycles. The second kappa shape index (κ2) is 11.1. The van der Waals surface area contributed by atoms with E-state index in [9.17, 15) is 9.59 Å². The fraction of sp³-hybridized carbons (Fsp3) is 0.400. The molecule has 0 aliphatic rings. The molecule has 2 aromatic rings. The Morgan fingerprint density at radius 1 is 1.08 bits per heavy atom. The van der Waals surface area contributed by atoms with E-state index in [1.807, 2.05) is 38.1 Å². The normalized spacial score (nSPS) is 10.3. The molecule has 0 aliphatic carbocycles. The van der Waals surface area contributed by atoms with Crippen molar-refractivity contribution in [3.8, 4) is 0 Å². The number of thiophene rings is 1. The summed E-state index contributed by atoms with van der Waals surface area (Å²) in [7, 11) is 0. The summed E-state index contributed by atoms with van der Waals surface area (Å²) in [6.45, 7) is 5.53. The Morgan fingerprint density at radius 3 is 2.35 bits per heavy atom. The van der Waals surface area contributed by atoms with Gasteiger partial charge in [-0.25, -0.2) is 0 Å². The van der Waals surface area contributed by atoms with Gasteiger partial charge in [0.2, 0.25) is 5.91 Å². The lowest BCUT2D eigenvalue weighted by Gasteiger charge is -2.22. The maximum Gasteiger partial charge on any atom is 0.223 e. The Balaban J connectivity index is 0.00000338. The van der Waals surface area contributed by atoms with Gasteiger partial charge in [-0.15, -0.1) is 23.7 Å². The van der Waals surface area contributed by atoms with Crippen molar-refractivity contribution in [2.24, 2.45) is 5.73 Å². The van der Waals surface area contributed by atoms with Gasteiger partial charge in [0.25, 0.3) is 0 Å². The van der Waals surface area contributed by atoms with Gasteiger partial charge >= 0.3 is 0 Å². The van der Waals surface area contributed by atoms with Crippen LogP contribution in [0.15, 0.2) is 36.4 Å². The summed E-state index contributed by atoms with van der Waals surface area (Å²) in [5.41, 5.74) is 7.59. The number of ketones is 1. The van der Waals surface area contributed by atoms with Crippen LogP contribution in [0, 0.1) is 13.8 Å². The highest BCUT2D eigenvalue weighted by Gasteiger charge is 2.17. The summed E-state index contributed by atoms with van der Waals surface area (Å²) >= 11 is 1.62. The van der Waals surface area contributed by atoms with Gasteiger partial charge in [-0.2, -0.15) is 0 Å². The number of aryl methyl sites for hydroxylation is 2. The van der Waals surface area contributed by atoms with Crippen LogP contribution < -0.4 is 5.73 Å². The first kappa shape index (κ1) is 22.4. The number of carbonyl (C=O) groups is 2. The molecule has 0 radical (unpaired) electrons. The number of Topliss-reactive ketones (excluding diaryl/α,β-unsaturated/α-hetero) is 1. The van der Waals surface area contributed by atoms with Crippen LogP contribution in [0.2, 0.25) is 0 Å². The van der Waals surface area contributed by atoms with Crippen LogP contribution in [0.5, 0.6) is 0 Å². The highest BCUT2D eigenvalue weighted by molar-refractivity contribution is 7.12. The highest BCUT2D eigenvalue weighted by atomic mass is 35.5. The topological polar surface area (TPSA) is 63.4 Å². The summed E-state index contributed by atoms with van der Waals surface area (Å²) in [4.78, 5) is 28.8. The van der Waals surface area contributed by atoms with Gasteiger partial charge in [-0.3, -0.25) is 9.59 Å². The maximum atomic E-state index is 12.5. The van der Waals surface area contributed by atoms with Gasteiger partial charge in [-0.1, -0.05) is 30.3 Å². The molecule has 0 atom stereocenters. The third-order valence-corrected chi connectivity index (χ3v) is 5.14. The molecule has 1 amide bonds. The number of hydrogen-bond acceptors (Lipinski definition) is 4. The van der Waals surface area contributed by atoms with Gasteiger partial charge in [0.05, 0.1) is 0 Å². The van der Waals surface area contributed by atoms with Crippen molar-refractivity contribution in [1.29, 1.82) is 0 Å². The van der Waals surface area contributed by atoms with Crippen LogP contribution in [0.4, 0.5) is 0 Å². The zero-order valence-corrected chi connectivity index (χ0v) is 17.0. The first-order valence-corrected chi connectivity index (χ1v) is 9.45. The predicted octanol–water partition coefficient (Wildman–Crippen LogP) is 3.78. The van der Waals surface area contributed by atoms with E-state index in [0.717, 1.165) is 21.7 Å². The van der Waals surface area contributed by atoms with Crippen molar-refractivity contribution < 1.29 is 9.59 Å². The van der Waals surface area contributed by atoms with E-state index in [-0.39, 0.29) is 36.9 Å². The molecule has 0 spiro atoms. The molecule has 0 bridgehead atoms. The number of benzene rings is 1. The molecular weight excluding hydrogens is 368 g/mol. The minimum absolute atomic E-state index is 0. The lowest BCUT2D eigenvalue weighted by molar-refractivity contribution is -0.131. The predicted molar refractivity (Wildman–Crippen MR) is 110 cm³/mol. The molecule has 0 saturated carbocycles. The number of rotatable bonds is 9. The molecule has 4 nitrogen and oxygen atoms in total. The number of hydrogen-bond donors (Lipinski definition) is 1. The van der Waals surface area contributed by atoms with E-state index in [4.69, 9.17) is 5.73 Å². The summed E-state index contributed by atoms with van der Waals surface area (Å²) in [6.07, 6.45) is 1.29. The molecule has 1 aromatic carbocycles. The lowest BCUT2D eigenvalue weighted by atomic mass is 10.1. The standard InChI is InChI=1S/C20H26N2O2S.ClH/c1-15-14-18(16(2)25-15)19(23)8-9-20(24)22(13-11-21)12-10-17-6-4-3-5-7-17;/h3-7,14H,8-13,21H2,1-2H3;1H. The fourth-order valence-corrected chi connectivity index (χ4v) is 3.79. The molecule has 0 aliphatic heterocycles. The van der Waals surface area contributed by atoms with E-state index in [1.165, 1.54) is 5.56 Å². The molecule has 2 rings (SSSR count). The Morgan fingerprint density at radius 2 is 1.77 bits per heavy atom. The molecule has 0 fully saturated rings. The molecular formula is C20H27ClN2O2S. The first-order chi connectivity index (χ1) is 12.0. The van der Waals surface area contributed by atoms with Crippen molar-refractivity contribution >= 4 is 35.4 Å². The zero-order valence-electron chi connectivity index (χ0n) is 15.4. The van der Waals surface area contributed by atoms with Crippen molar-refractivity contribution in [3.63, 3.8) is 0 Å². The highest BCUT2D eigenvalue weighted by Crippen LogP contribution is 2.22. The van der Waals surface area contributed by atoms with Crippen molar-refractivity contribution in [2.45, 2.75) is 33.1 Å². The Labute approximate surface area is 165 Å². The van der Waals surface area contributed by atoms with Gasteiger partial charge in [0, 0.05) is 47.8 Å². The van der Waals surface area contributed by atoms with E-state index in [2.05, 4.69) is 12.1 Å². The van der Waals surface area contributed by atoms with E-state index in [1.54, 1.807) is 16.2 Å². The number of nitrogens with two attached hydrogens (primary N) is 1. The maximum absolute atomic E-state index is 12.5. The van der Waals surface area contributed by atoms with Crippen LogP contribution in [0.1, 0.15) is 38.5 Å². The lowest BCUT2D eigenvalue weighted by Crippen LogP contribution is -2.37. The SMILES string of the molecule is Cc1cc(C(=O)CCC(=O)N(CCN)CCc2ccccc2)c(C)s1.Cl. The minimum atomic E-state index is -0.000615. The smallest absolute Gasteiger partial charge is 0.223 e. The van der Waals surface area contributed by atoms with E-state index in [0.29, 0.717) is 19.6 Å². The first-order valence-electron chi connectivity index (χ1n) is 8.63. The summed E-state index contributed by atoms with van der Waals surface area (Å²) < 4.78 is 0. The summed E-state index contributed by atoms with van der Waals surface area (Å²) in [5.74, 6) is 0.0466. The van der Waals surface area contributed by atoms with E-state index >= 15 is 0 Å². The molecule has 6 heteroatoms. The third kappa shape index (κ3) is 6.56. The van der Waals surface area contributed by atoms with Crippen LogP contribution in [0.25, 0.3) is 0 Å². The van der Waals surface area contributed by atoms with Gasteiger partial charge in [-0.05, 0) is 31.9 Å². The Kier molecular flexibility index (Phi) is 9.55. The van der Waals surface area contributed by atoms with Crippen LogP contribution >= 0.6 is 23.7 Å². The van der Waals surface area contributed by atoms with E-state index < -0.39 is 0 Å². The second-order valence-electron chi connectivity index (χ2n) is 6.16.